The fourth-order valence-electron chi connectivity index (χ4n) is 2.25. The molecule has 1 fully saturated rings. The number of hydrogen-bond acceptors (Lipinski definition) is 1. The van der Waals surface area contributed by atoms with E-state index >= 15 is 0 Å². The summed E-state index contributed by atoms with van der Waals surface area (Å²) in [6, 6.07) is 0. The topological polar surface area (TPSA) is 9.23 Å². The summed E-state index contributed by atoms with van der Waals surface area (Å²) in [4.78, 5) is 0. The van der Waals surface area contributed by atoms with Gasteiger partial charge >= 0.3 is 0 Å². The number of rotatable bonds is 4. The molecule has 72 valence electrons. The Kier molecular flexibility index (Phi) is 3.53. The van der Waals surface area contributed by atoms with Gasteiger partial charge in [0.1, 0.15) is 12.6 Å². The van der Waals surface area contributed by atoms with Crippen LogP contribution in [0.25, 0.3) is 0 Å². The summed E-state index contributed by atoms with van der Waals surface area (Å²) in [6.45, 7) is 9.68. The minimum absolute atomic E-state index is 0.419. The van der Waals surface area contributed by atoms with Crippen LogP contribution in [0.3, 0.4) is 0 Å². The van der Waals surface area contributed by atoms with E-state index in [0.717, 1.165) is 0 Å². The standard InChI is InChI=1S/C10H22NO/c1-4-11(7-5-6-8-11)9-10(2)12-3/h10H,4-9H2,1-3H3/q+1. The molecule has 0 bridgehead atoms. The summed E-state index contributed by atoms with van der Waals surface area (Å²) in [5, 5.41) is 0. The Morgan fingerprint density at radius 1 is 1.33 bits per heavy atom. The van der Waals surface area contributed by atoms with Crippen LogP contribution in [0.4, 0.5) is 0 Å². The van der Waals surface area contributed by atoms with E-state index in [4.69, 9.17) is 4.74 Å². The van der Waals surface area contributed by atoms with Gasteiger partial charge in [-0.3, -0.25) is 0 Å². The summed E-state index contributed by atoms with van der Waals surface area (Å²) in [7, 11) is 1.81. The van der Waals surface area contributed by atoms with Crippen molar-refractivity contribution >= 4 is 0 Å². The highest BCUT2D eigenvalue weighted by molar-refractivity contribution is 4.57. The molecular formula is C10H22NO+. The van der Waals surface area contributed by atoms with E-state index in [1.807, 2.05) is 7.11 Å². The first kappa shape index (κ1) is 10.0. The minimum Gasteiger partial charge on any atom is -0.376 e. The van der Waals surface area contributed by atoms with E-state index in [0.29, 0.717) is 6.10 Å². The Labute approximate surface area is 76.1 Å². The molecule has 2 nitrogen and oxygen atoms in total. The van der Waals surface area contributed by atoms with Crippen LogP contribution in [0.1, 0.15) is 26.7 Å². The summed E-state index contributed by atoms with van der Waals surface area (Å²) < 4.78 is 6.61. The lowest BCUT2D eigenvalue weighted by molar-refractivity contribution is -0.917. The number of nitrogens with zero attached hydrogens (tertiary/aromatic N) is 1. The summed E-state index contributed by atoms with van der Waals surface area (Å²) in [5.41, 5.74) is 0. The van der Waals surface area contributed by atoms with Crippen LogP contribution >= 0.6 is 0 Å². The van der Waals surface area contributed by atoms with E-state index < -0.39 is 0 Å². The normalized spacial score (nSPS) is 24.2. The molecule has 0 saturated carbocycles. The highest BCUT2D eigenvalue weighted by Crippen LogP contribution is 2.19. The molecule has 0 N–H and O–H groups in total. The number of quaternary nitrogens is 1. The van der Waals surface area contributed by atoms with Gasteiger partial charge < -0.3 is 9.22 Å². The molecule has 0 amide bonds. The van der Waals surface area contributed by atoms with Crippen LogP contribution in [-0.2, 0) is 4.74 Å². The molecule has 1 atom stereocenters. The van der Waals surface area contributed by atoms with Crippen LogP contribution in [-0.4, -0.2) is 43.9 Å². The van der Waals surface area contributed by atoms with E-state index in [1.165, 1.54) is 43.5 Å². The fourth-order valence-corrected chi connectivity index (χ4v) is 2.25. The largest absolute Gasteiger partial charge is 0.376 e. The van der Waals surface area contributed by atoms with Gasteiger partial charge in [-0.1, -0.05) is 0 Å². The van der Waals surface area contributed by atoms with Crippen LogP contribution in [0.15, 0.2) is 0 Å². The average Bonchev–Trinajstić information content (AvgIpc) is 2.54. The molecule has 0 aromatic carbocycles. The second-order valence-corrected chi connectivity index (χ2v) is 4.04. The zero-order valence-electron chi connectivity index (χ0n) is 8.68. The summed E-state index contributed by atoms with van der Waals surface area (Å²) in [5.74, 6) is 0. The Morgan fingerprint density at radius 2 is 1.92 bits per heavy atom. The SMILES string of the molecule is CC[N+]1(CC(C)OC)CCCC1. The van der Waals surface area contributed by atoms with Gasteiger partial charge in [0.25, 0.3) is 0 Å². The van der Waals surface area contributed by atoms with Crippen LogP contribution in [0, 0.1) is 0 Å². The lowest BCUT2D eigenvalue weighted by Crippen LogP contribution is -2.49. The highest BCUT2D eigenvalue weighted by Gasteiger charge is 2.31. The second kappa shape index (κ2) is 4.24. The smallest absolute Gasteiger partial charge is 0.105 e. The van der Waals surface area contributed by atoms with Crippen LogP contribution in [0.5, 0.6) is 0 Å². The number of likely N-dealkylation sites (N-methyl/N-ethyl adjacent to an activating group) is 1. The van der Waals surface area contributed by atoms with Gasteiger partial charge in [0.05, 0.1) is 19.6 Å². The number of likely N-dealkylation sites (tertiary alicyclic amines) is 1. The van der Waals surface area contributed by atoms with Crippen LogP contribution in [0.2, 0.25) is 0 Å². The molecule has 0 radical (unpaired) electrons. The number of ether oxygens (including phenoxy) is 1. The molecule has 1 rings (SSSR count). The molecule has 0 aromatic rings. The van der Waals surface area contributed by atoms with Gasteiger partial charge in [0.2, 0.25) is 0 Å². The molecule has 1 unspecified atom stereocenters. The van der Waals surface area contributed by atoms with Gasteiger partial charge in [-0.15, -0.1) is 0 Å². The molecule has 1 aliphatic heterocycles. The molecule has 2 heteroatoms. The quantitative estimate of drug-likeness (QED) is 0.586. The van der Waals surface area contributed by atoms with E-state index in [9.17, 15) is 0 Å². The molecule has 1 aliphatic rings. The first-order valence-electron chi connectivity index (χ1n) is 5.10. The minimum atomic E-state index is 0.419. The van der Waals surface area contributed by atoms with E-state index in [-0.39, 0.29) is 0 Å². The Morgan fingerprint density at radius 3 is 2.33 bits per heavy atom. The van der Waals surface area contributed by atoms with Gasteiger partial charge in [-0.2, -0.15) is 0 Å². The average molecular weight is 172 g/mol. The lowest BCUT2D eigenvalue weighted by Gasteiger charge is -2.34. The van der Waals surface area contributed by atoms with Crippen molar-refractivity contribution in [3.8, 4) is 0 Å². The molecule has 1 saturated heterocycles. The third-order valence-electron chi connectivity index (χ3n) is 3.23. The van der Waals surface area contributed by atoms with Crippen molar-refractivity contribution < 1.29 is 9.22 Å². The third kappa shape index (κ3) is 2.20. The van der Waals surface area contributed by atoms with Crippen molar-refractivity contribution in [1.29, 1.82) is 0 Å². The summed E-state index contributed by atoms with van der Waals surface area (Å²) in [6.07, 6.45) is 3.23. The Bertz CT molecular complexity index is 130. The first-order chi connectivity index (χ1) is 5.72. The zero-order chi connectivity index (χ0) is 9.03. The van der Waals surface area contributed by atoms with Crippen molar-refractivity contribution in [2.45, 2.75) is 32.8 Å². The van der Waals surface area contributed by atoms with Gasteiger partial charge in [0, 0.05) is 20.0 Å². The highest BCUT2D eigenvalue weighted by atomic mass is 16.5. The molecular weight excluding hydrogens is 150 g/mol. The number of methoxy groups -OCH3 is 1. The zero-order valence-corrected chi connectivity index (χ0v) is 8.68. The van der Waals surface area contributed by atoms with Crippen molar-refractivity contribution in [2.24, 2.45) is 0 Å². The van der Waals surface area contributed by atoms with Gasteiger partial charge in [-0.05, 0) is 13.8 Å². The molecule has 12 heavy (non-hydrogen) atoms. The molecule has 0 aromatic heterocycles. The fraction of sp³-hybridized carbons (Fsp3) is 1.00. The lowest BCUT2D eigenvalue weighted by atomic mass is 10.3. The van der Waals surface area contributed by atoms with Crippen LogP contribution < -0.4 is 0 Å². The van der Waals surface area contributed by atoms with Crippen molar-refractivity contribution in [2.75, 3.05) is 33.3 Å². The van der Waals surface area contributed by atoms with Crippen molar-refractivity contribution in [1.82, 2.24) is 0 Å². The molecule has 0 aliphatic carbocycles. The van der Waals surface area contributed by atoms with Crippen molar-refractivity contribution in [3.05, 3.63) is 0 Å². The summed E-state index contributed by atoms with van der Waals surface area (Å²) >= 11 is 0. The third-order valence-corrected chi connectivity index (χ3v) is 3.23. The first-order valence-corrected chi connectivity index (χ1v) is 5.10. The Balaban J connectivity index is 2.43. The van der Waals surface area contributed by atoms with E-state index in [2.05, 4.69) is 13.8 Å². The predicted octanol–water partition coefficient (Wildman–Crippen LogP) is 1.65. The second-order valence-electron chi connectivity index (χ2n) is 4.04. The van der Waals surface area contributed by atoms with Gasteiger partial charge in [-0.25, -0.2) is 0 Å². The maximum atomic E-state index is 5.32. The number of hydrogen-bond donors (Lipinski definition) is 0. The molecule has 1 heterocycles. The van der Waals surface area contributed by atoms with Crippen molar-refractivity contribution in [3.63, 3.8) is 0 Å². The maximum absolute atomic E-state index is 5.32. The van der Waals surface area contributed by atoms with Gasteiger partial charge in [0.15, 0.2) is 0 Å². The monoisotopic (exact) mass is 172 g/mol. The Hall–Kier alpha value is -0.0800. The molecule has 0 spiro atoms. The van der Waals surface area contributed by atoms with E-state index in [1.54, 1.807) is 0 Å². The maximum Gasteiger partial charge on any atom is 0.105 e. The predicted molar refractivity (Wildman–Crippen MR) is 51.1 cm³/mol.